The molecule has 0 saturated heterocycles. The fourth-order valence-corrected chi connectivity index (χ4v) is 1.74. The quantitative estimate of drug-likeness (QED) is 0.623. The molecule has 1 unspecified atom stereocenters. The Morgan fingerprint density at radius 1 is 1.60 bits per heavy atom. The van der Waals surface area contributed by atoms with Gasteiger partial charge in [-0.15, -0.1) is 11.8 Å². The van der Waals surface area contributed by atoms with E-state index >= 15 is 0 Å². The molecule has 84 valence electrons. The van der Waals surface area contributed by atoms with Crippen molar-refractivity contribution in [3.8, 4) is 5.88 Å². The summed E-state index contributed by atoms with van der Waals surface area (Å²) < 4.78 is 4.95. The Balaban J connectivity index is 2.66. The van der Waals surface area contributed by atoms with Gasteiger partial charge in [0.25, 0.3) is 0 Å². The van der Waals surface area contributed by atoms with Gasteiger partial charge in [-0.2, -0.15) is 0 Å². The fraction of sp³-hybridized carbons (Fsp3) is 0.444. The normalized spacial score (nSPS) is 12.5. The Kier molecular flexibility index (Phi) is 4.67. The highest BCUT2D eigenvalue weighted by atomic mass is 32.2. The third-order valence-corrected chi connectivity index (χ3v) is 2.85. The maximum absolute atomic E-state index is 9.17. The Hall–Kier alpha value is -0.980. The molecule has 0 aliphatic heterocycles. The van der Waals surface area contributed by atoms with Gasteiger partial charge in [0, 0.05) is 11.8 Å². The van der Waals surface area contributed by atoms with E-state index in [0.717, 1.165) is 0 Å². The molecule has 0 aliphatic rings. The van der Waals surface area contributed by atoms with E-state index in [0.29, 0.717) is 22.3 Å². The lowest BCUT2D eigenvalue weighted by molar-refractivity contribution is 0.113. The van der Waals surface area contributed by atoms with E-state index in [9.17, 15) is 0 Å². The third kappa shape index (κ3) is 3.58. The lowest BCUT2D eigenvalue weighted by atomic mass is 10.4. The topological polar surface area (TPSA) is 88.6 Å². The molecule has 1 heterocycles. The van der Waals surface area contributed by atoms with E-state index in [1.807, 2.05) is 0 Å². The number of hydrogen-bond acceptors (Lipinski definition) is 6. The molecule has 1 aromatic rings. The highest BCUT2D eigenvalue weighted by Crippen LogP contribution is 2.25. The first-order chi connectivity index (χ1) is 7.17. The number of ether oxygens (including phenoxy) is 1. The molecule has 1 aromatic heterocycles. The molecule has 5 nitrogen and oxygen atoms in total. The number of anilines is 1. The highest BCUT2D eigenvalue weighted by Gasteiger charge is 2.08. The summed E-state index contributed by atoms with van der Waals surface area (Å²) in [4.78, 5) is 4.12. The predicted molar refractivity (Wildman–Crippen MR) is 59.0 cm³/mol. The van der Waals surface area contributed by atoms with Crippen LogP contribution in [0, 0.1) is 0 Å². The van der Waals surface area contributed by atoms with E-state index in [2.05, 4.69) is 4.98 Å². The summed E-state index contributed by atoms with van der Waals surface area (Å²) in [6.07, 6.45) is -0.762. The Morgan fingerprint density at radius 3 is 2.93 bits per heavy atom. The molecular weight excluding hydrogens is 216 g/mol. The van der Waals surface area contributed by atoms with Crippen molar-refractivity contribution in [3.63, 3.8) is 0 Å². The molecule has 0 fully saturated rings. The SMILES string of the molecule is COc1ccc(N)c(SCC(O)CO)n1. The summed E-state index contributed by atoms with van der Waals surface area (Å²) in [6.45, 7) is -0.267. The van der Waals surface area contributed by atoms with Crippen LogP contribution < -0.4 is 10.5 Å². The van der Waals surface area contributed by atoms with Crippen molar-refractivity contribution in [2.24, 2.45) is 0 Å². The van der Waals surface area contributed by atoms with E-state index in [1.54, 1.807) is 12.1 Å². The first kappa shape index (κ1) is 12.1. The second-order valence-corrected chi connectivity index (χ2v) is 3.90. The van der Waals surface area contributed by atoms with Crippen LogP contribution in [0.3, 0.4) is 0 Å². The van der Waals surface area contributed by atoms with E-state index in [1.165, 1.54) is 18.9 Å². The van der Waals surface area contributed by atoms with E-state index in [-0.39, 0.29) is 6.61 Å². The van der Waals surface area contributed by atoms with Gasteiger partial charge >= 0.3 is 0 Å². The molecule has 0 amide bonds. The zero-order chi connectivity index (χ0) is 11.3. The van der Waals surface area contributed by atoms with Crippen molar-refractivity contribution in [1.29, 1.82) is 0 Å². The number of thioether (sulfide) groups is 1. The number of pyridine rings is 1. The van der Waals surface area contributed by atoms with Gasteiger partial charge in [-0.25, -0.2) is 4.98 Å². The van der Waals surface area contributed by atoms with Gasteiger partial charge in [0.1, 0.15) is 5.03 Å². The summed E-state index contributed by atoms with van der Waals surface area (Å²) in [7, 11) is 1.52. The minimum atomic E-state index is -0.762. The number of hydrogen-bond donors (Lipinski definition) is 3. The molecule has 1 rings (SSSR count). The number of nitrogens with two attached hydrogens (primary N) is 1. The van der Waals surface area contributed by atoms with Crippen molar-refractivity contribution in [2.45, 2.75) is 11.1 Å². The zero-order valence-corrected chi connectivity index (χ0v) is 9.20. The second-order valence-electron chi connectivity index (χ2n) is 2.90. The van der Waals surface area contributed by atoms with Crippen LogP contribution in [0.4, 0.5) is 5.69 Å². The predicted octanol–water partition coefficient (Wildman–Crippen LogP) is 0.118. The van der Waals surface area contributed by atoms with Crippen molar-refractivity contribution in [2.75, 3.05) is 25.2 Å². The molecule has 0 radical (unpaired) electrons. The summed E-state index contributed by atoms with van der Waals surface area (Å²) in [5.74, 6) is 0.825. The van der Waals surface area contributed by atoms with Crippen LogP contribution in [0.15, 0.2) is 17.2 Å². The number of nitrogen functional groups attached to an aromatic ring is 1. The number of methoxy groups -OCH3 is 1. The number of nitrogens with zero attached hydrogens (tertiary/aromatic N) is 1. The van der Waals surface area contributed by atoms with Gasteiger partial charge in [-0.3, -0.25) is 0 Å². The van der Waals surface area contributed by atoms with E-state index < -0.39 is 6.10 Å². The first-order valence-corrected chi connectivity index (χ1v) is 5.38. The van der Waals surface area contributed by atoms with Crippen LogP contribution in [-0.2, 0) is 0 Å². The molecule has 0 spiro atoms. The van der Waals surface area contributed by atoms with Crippen LogP contribution in [0.2, 0.25) is 0 Å². The molecule has 0 aromatic carbocycles. The molecule has 6 heteroatoms. The zero-order valence-electron chi connectivity index (χ0n) is 8.38. The van der Waals surface area contributed by atoms with Crippen LogP contribution >= 0.6 is 11.8 Å². The summed E-state index contributed by atoms with van der Waals surface area (Å²) in [5, 5.41) is 18.4. The number of aliphatic hydroxyl groups excluding tert-OH is 2. The molecular formula is C9H14N2O3S. The minimum Gasteiger partial charge on any atom is -0.481 e. The van der Waals surface area contributed by atoms with Gasteiger partial charge < -0.3 is 20.7 Å². The van der Waals surface area contributed by atoms with Gasteiger partial charge in [0.2, 0.25) is 5.88 Å². The van der Waals surface area contributed by atoms with Crippen molar-refractivity contribution in [1.82, 2.24) is 4.98 Å². The van der Waals surface area contributed by atoms with Gasteiger partial charge in [-0.1, -0.05) is 0 Å². The van der Waals surface area contributed by atoms with Crippen LogP contribution in [0.1, 0.15) is 0 Å². The van der Waals surface area contributed by atoms with Crippen LogP contribution in [0.25, 0.3) is 0 Å². The number of rotatable bonds is 5. The van der Waals surface area contributed by atoms with E-state index in [4.69, 9.17) is 20.7 Å². The minimum absolute atomic E-state index is 0.267. The van der Waals surface area contributed by atoms with Gasteiger partial charge in [0.15, 0.2) is 0 Å². The summed E-state index contributed by atoms with van der Waals surface area (Å²) in [6, 6.07) is 3.36. The lowest BCUT2D eigenvalue weighted by Gasteiger charge is -2.08. The maximum atomic E-state index is 9.17. The first-order valence-electron chi connectivity index (χ1n) is 4.39. The van der Waals surface area contributed by atoms with Crippen molar-refractivity contribution in [3.05, 3.63) is 12.1 Å². The van der Waals surface area contributed by atoms with Crippen molar-refractivity contribution >= 4 is 17.4 Å². The highest BCUT2D eigenvalue weighted by molar-refractivity contribution is 7.99. The Labute approximate surface area is 92.3 Å². The monoisotopic (exact) mass is 230 g/mol. The van der Waals surface area contributed by atoms with Crippen LogP contribution in [-0.4, -0.2) is 40.8 Å². The summed E-state index contributed by atoms with van der Waals surface area (Å²) >= 11 is 1.28. The lowest BCUT2D eigenvalue weighted by Crippen LogP contribution is -2.14. The average molecular weight is 230 g/mol. The molecule has 1 atom stereocenters. The molecule has 0 aliphatic carbocycles. The molecule has 0 bridgehead atoms. The molecule has 0 saturated carbocycles. The largest absolute Gasteiger partial charge is 0.481 e. The number of aliphatic hydroxyl groups is 2. The standard InChI is InChI=1S/C9H14N2O3S/c1-14-8-3-2-7(10)9(11-8)15-5-6(13)4-12/h2-3,6,12-13H,4-5,10H2,1H3. The van der Waals surface area contributed by atoms with Gasteiger partial charge in [0.05, 0.1) is 25.5 Å². The maximum Gasteiger partial charge on any atom is 0.214 e. The average Bonchev–Trinajstić information content (AvgIpc) is 2.27. The fourth-order valence-electron chi connectivity index (χ4n) is 0.891. The van der Waals surface area contributed by atoms with Gasteiger partial charge in [-0.05, 0) is 6.07 Å². The van der Waals surface area contributed by atoms with Crippen LogP contribution in [0.5, 0.6) is 5.88 Å². The second kappa shape index (κ2) is 5.79. The Bertz CT molecular complexity index is 322. The smallest absolute Gasteiger partial charge is 0.214 e. The molecule has 15 heavy (non-hydrogen) atoms. The third-order valence-electron chi connectivity index (χ3n) is 1.70. The number of aromatic nitrogens is 1. The molecule has 4 N–H and O–H groups in total. The Morgan fingerprint density at radius 2 is 2.33 bits per heavy atom. The van der Waals surface area contributed by atoms with Crippen molar-refractivity contribution < 1.29 is 14.9 Å². The summed E-state index contributed by atoms with van der Waals surface area (Å²) in [5.41, 5.74) is 6.22.